The molecule has 0 heterocycles. The highest BCUT2D eigenvalue weighted by atomic mass is 16.5. The lowest BCUT2D eigenvalue weighted by Gasteiger charge is -2.13. The van der Waals surface area contributed by atoms with Crippen molar-refractivity contribution in [2.75, 3.05) is 13.2 Å². The van der Waals surface area contributed by atoms with Gasteiger partial charge in [-0.05, 0) is 57.0 Å². The number of rotatable bonds is 7. The predicted molar refractivity (Wildman–Crippen MR) is 95.9 cm³/mol. The minimum atomic E-state index is -0.0666. The molecule has 128 valence electrons. The smallest absolute Gasteiger partial charge is 0.251 e. The second kappa shape index (κ2) is 8.39. The molecule has 1 amide bonds. The number of carbonyl (C=O) groups is 1. The minimum absolute atomic E-state index is 0.0666. The number of carbonyl (C=O) groups excluding carboxylic acids is 1. The third kappa shape index (κ3) is 4.51. The Morgan fingerprint density at radius 2 is 1.67 bits per heavy atom. The van der Waals surface area contributed by atoms with Crippen LogP contribution >= 0.6 is 0 Å². The van der Waals surface area contributed by atoms with Gasteiger partial charge >= 0.3 is 0 Å². The Bertz CT molecular complexity index is 710. The number of ether oxygens (including phenoxy) is 2. The molecule has 2 aromatic carbocycles. The molecule has 0 atom stereocenters. The molecule has 0 fully saturated rings. The number of aryl methyl sites for hydroxylation is 2. The van der Waals surface area contributed by atoms with E-state index in [9.17, 15) is 4.79 Å². The van der Waals surface area contributed by atoms with Crippen molar-refractivity contribution in [1.82, 2.24) is 5.32 Å². The summed E-state index contributed by atoms with van der Waals surface area (Å²) < 4.78 is 11.2. The van der Waals surface area contributed by atoms with E-state index in [0.717, 1.165) is 22.4 Å². The highest BCUT2D eigenvalue weighted by molar-refractivity contribution is 5.95. The topological polar surface area (TPSA) is 47.6 Å². The molecule has 0 bridgehead atoms. The van der Waals surface area contributed by atoms with Gasteiger partial charge in [0.15, 0.2) is 11.5 Å². The normalized spacial score (nSPS) is 10.3. The lowest BCUT2D eigenvalue weighted by atomic mass is 10.0. The van der Waals surface area contributed by atoms with Gasteiger partial charge in [-0.3, -0.25) is 4.79 Å². The van der Waals surface area contributed by atoms with Gasteiger partial charge in [-0.15, -0.1) is 0 Å². The number of benzene rings is 2. The molecule has 0 aliphatic rings. The van der Waals surface area contributed by atoms with Crippen molar-refractivity contribution in [3.05, 3.63) is 58.7 Å². The predicted octanol–water partition coefficient (Wildman–Crippen LogP) is 4.03. The molecule has 0 aliphatic carbocycles. The Hall–Kier alpha value is -2.49. The van der Waals surface area contributed by atoms with E-state index >= 15 is 0 Å². The highest BCUT2D eigenvalue weighted by Crippen LogP contribution is 2.28. The van der Waals surface area contributed by atoms with Crippen LogP contribution in [0.15, 0.2) is 36.4 Å². The molecule has 0 aromatic heterocycles. The van der Waals surface area contributed by atoms with E-state index in [1.54, 1.807) is 0 Å². The molecule has 2 rings (SSSR count). The fourth-order valence-corrected chi connectivity index (χ4v) is 2.46. The maximum absolute atomic E-state index is 12.4. The summed E-state index contributed by atoms with van der Waals surface area (Å²) in [5.74, 6) is 1.37. The van der Waals surface area contributed by atoms with Crippen LogP contribution < -0.4 is 14.8 Å². The summed E-state index contributed by atoms with van der Waals surface area (Å²) in [6, 6.07) is 11.6. The first-order valence-electron chi connectivity index (χ1n) is 8.29. The Morgan fingerprint density at radius 3 is 2.38 bits per heavy atom. The zero-order chi connectivity index (χ0) is 17.5. The lowest BCUT2D eigenvalue weighted by molar-refractivity contribution is 0.0950. The zero-order valence-electron chi connectivity index (χ0n) is 14.8. The van der Waals surface area contributed by atoms with Crippen LogP contribution in [-0.2, 0) is 6.54 Å². The summed E-state index contributed by atoms with van der Waals surface area (Å²) >= 11 is 0. The van der Waals surface area contributed by atoms with E-state index in [4.69, 9.17) is 9.47 Å². The fraction of sp³-hybridized carbons (Fsp3) is 0.350. The van der Waals surface area contributed by atoms with Crippen LogP contribution in [0.4, 0.5) is 0 Å². The molecule has 2 aromatic rings. The summed E-state index contributed by atoms with van der Waals surface area (Å²) in [7, 11) is 0. The van der Waals surface area contributed by atoms with E-state index in [1.807, 2.05) is 64.1 Å². The second-order valence-corrected chi connectivity index (χ2v) is 5.65. The van der Waals surface area contributed by atoms with Gasteiger partial charge in [-0.25, -0.2) is 0 Å². The average Bonchev–Trinajstić information content (AvgIpc) is 2.57. The quantitative estimate of drug-likeness (QED) is 0.835. The first-order chi connectivity index (χ1) is 11.5. The number of hydrogen-bond donors (Lipinski definition) is 1. The van der Waals surface area contributed by atoms with Crippen molar-refractivity contribution in [2.45, 2.75) is 34.2 Å². The Morgan fingerprint density at radius 1 is 0.958 bits per heavy atom. The van der Waals surface area contributed by atoms with Crippen molar-refractivity contribution in [2.24, 2.45) is 0 Å². The maximum atomic E-state index is 12.4. The van der Waals surface area contributed by atoms with Gasteiger partial charge in [-0.2, -0.15) is 0 Å². The molecule has 0 radical (unpaired) electrons. The van der Waals surface area contributed by atoms with Gasteiger partial charge in [0.1, 0.15) is 0 Å². The van der Waals surface area contributed by atoms with Crippen LogP contribution in [0.3, 0.4) is 0 Å². The van der Waals surface area contributed by atoms with E-state index in [1.165, 1.54) is 0 Å². The monoisotopic (exact) mass is 327 g/mol. The van der Waals surface area contributed by atoms with Crippen LogP contribution in [-0.4, -0.2) is 19.1 Å². The van der Waals surface area contributed by atoms with Crippen LogP contribution in [0.5, 0.6) is 11.5 Å². The first kappa shape index (κ1) is 17.9. The molecule has 0 saturated heterocycles. The zero-order valence-corrected chi connectivity index (χ0v) is 14.8. The molecule has 0 unspecified atom stereocenters. The molecular weight excluding hydrogens is 302 g/mol. The summed E-state index contributed by atoms with van der Waals surface area (Å²) in [5, 5.41) is 2.97. The largest absolute Gasteiger partial charge is 0.490 e. The van der Waals surface area contributed by atoms with Gasteiger partial charge in [-0.1, -0.05) is 23.8 Å². The molecule has 4 heteroatoms. The molecule has 0 spiro atoms. The van der Waals surface area contributed by atoms with Gasteiger partial charge in [0.05, 0.1) is 13.2 Å². The molecule has 4 nitrogen and oxygen atoms in total. The third-order valence-corrected chi connectivity index (χ3v) is 3.70. The van der Waals surface area contributed by atoms with E-state index in [2.05, 4.69) is 5.32 Å². The molecular formula is C20H25NO3. The standard InChI is InChI=1S/C20H25NO3/c1-5-23-18-10-9-16(12-19(18)24-6-2)13-21-20(22)17-11-14(3)7-8-15(17)4/h7-12H,5-6,13H2,1-4H3,(H,21,22). The van der Waals surface area contributed by atoms with Crippen LogP contribution in [0.25, 0.3) is 0 Å². The summed E-state index contributed by atoms with van der Waals surface area (Å²) in [5.41, 5.74) is 3.73. The van der Waals surface area contributed by atoms with Crippen LogP contribution in [0, 0.1) is 13.8 Å². The second-order valence-electron chi connectivity index (χ2n) is 5.65. The molecule has 24 heavy (non-hydrogen) atoms. The molecule has 0 aliphatic heterocycles. The van der Waals surface area contributed by atoms with E-state index < -0.39 is 0 Å². The van der Waals surface area contributed by atoms with E-state index in [0.29, 0.717) is 31.1 Å². The van der Waals surface area contributed by atoms with Crippen LogP contribution in [0.2, 0.25) is 0 Å². The van der Waals surface area contributed by atoms with Crippen LogP contribution in [0.1, 0.15) is 40.9 Å². The van der Waals surface area contributed by atoms with Crippen molar-refractivity contribution in [1.29, 1.82) is 0 Å². The Kier molecular flexibility index (Phi) is 6.24. The minimum Gasteiger partial charge on any atom is -0.490 e. The number of nitrogens with one attached hydrogen (secondary N) is 1. The lowest BCUT2D eigenvalue weighted by Crippen LogP contribution is -2.23. The third-order valence-electron chi connectivity index (χ3n) is 3.70. The fourth-order valence-electron chi connectivity index (χ4n) is 2.46. The SMILES string of the molecule is CCOc1ccc(CNC(=O)c2cc(C)ccc2C)cc1OCC. The van der Waals surface area contributed by atoms with Gasteiger partial charge in [0, 0.05) is 12.1 Å². The average molecular weight is 327 g/mol. The van der Waals surface area contributed by atoms with Crippen molar-refractivity contribution < 1.29 is 14.3 Å². The van der Waals surface area contributed by atoms with Crippen molar-refractivity contribution in [3.8, 4) is 11.5 Å². The summed E-state index contributed by atoms with van der Waals surface area (Å²) in [6.07, 6.45) is 0. The summed E-state index contributed by atoms with van der Waals surface area (Å²) in [6.45, 7) is 9.40. The first-order valence-corrected chi connectivity index (χ1v) is 8.29. The van der Waals surface area contributed by atoms with Gasteiger partial charge in [0.25, 0.3) is 5.91 Å². The van der Waals surface area contributed by atoms with Crippen molar-refractivity contribution >= 4 is 5.91 Å². The van der Waals surface area contributed by atoms with Crippen molar-refractivity contribution in [3.63, 3.8) is 0 Å². The van der Waals surface area contributed by atoms with Gasteiger partial charge < -0.3 is 14.8 Å². The Labute approximate surface area is 143 Å². The Balaban J connectivity index is 2.09. The molecule has 1 N–H and O–H groups in total. The number of hydrogen-bond acceptors (Lipinski definition) is 3. The summed E-state index contributed by atoms with van der Waals surface area (Å²) in [4.78, 5) is 12.4. The maximum Gasteiger partial charge on any atom is 0.251 e. The highest BCUT2D eigenvalue weighted by Gasteiger charge is 2.10. The van der Waals surface area contributed by atoms with E-state index in [-0.39, 0.29) is 5.91 Å². The van der Waals surface area contributed by atoms with Gasteiger partial charge in [0.2, 0.25) is 0 Å². The molecule has 0 saturated carbocycles. The number of amides is 1.